The molecule has 0 spiro atoms. The Labute approximate surface area is 147 Å². The molecule has 6 nitrogen and oxygen atoms in total. The number of hydrogen-bond acceptors (Lipinski definition) is 5. The Hall–Kier alpha value is -2.73. The molecule has 0 saturated heterocycles. The molecule has 2 aromatic rings. The standard InChI is InChI=1S/C19H23NO5/c1-23-15-7-5-14(6-8-15)16(21)12-20-19(22)11-13-4-9-17(24-2)18(10-13)25-3/h4-10,16,21H,11-12H2,1-3H3,(H,20,22). The maximum atomic E-state index is 12.1. The first-order valence-corrected chi connectivity index (χ1v) is 7.87. The Kier molecular flexibility index (Phi) is 6.65. The average Bonchev–Trinajstić information content (AvgIpc) is 2.66. The van der Waals surface area contributed by atoms with Gasteiger partial charge in [-0.3, -0.25) is 4.79 Å². The fourth-order valence-corrected chi connectivity index (χ4v) is 2.39. The lowest BCUT2D eigenvalue weighted by Gasteiger charge is -2.13. The number of aliphatic hydroxyl groups excluding tert-OH is 1. The van der Waals surface area contributed by atoms with Crippen LogP contribution in [0.1, 0.15) is 17.2 Å². The molecule has 0 aliphatic carbocycles. The van der Waals surface area contributed by atoms with E-state index < -0.39 is 6.10 Å². The van der Waals surface area contributed by atoms with E-state index in [1.807, 2.05) is 0 Å². The molecule has 1 atom stereocenters. The van der Waals surface area contributed by atoms with Crippen LogP contribution in [-0.4, -0.2) is 38.9 Å². The van der Waals surface area contributed by atoms with Gasteiger partial charge in [-0.05, 0) is 35.4 Å². The van der Waals surface area contributed by atoms with Crippen LogP contribution in [0.5, 0.6) is 17.2 Å². The van der Waals surface area contributed by atoms with E-state index in [1.54, 1.807) is 63.8 Å². The van der Waals surface area contributed by atoms with E-state index in [0.717, 1.165) is 5.56 Å². The first-order valence-electron chi connectivity index (χ1n) is 7.87. The van der Waals surface area contributed by atoms with Crippen molar-refractivity contribution in [3.63, 3.8) is 0 Å². The molecule has 1 unspecified atom stereocenters. The Morgan fingerprint density at radius 1 is 1.00 bits per heavy atom. The topological polar surface area (TPSA) is 77.0 Å². The number of ether oxygens (including phenoxy) is 3. The minimum absolute atomic E-state index is 0.137. The highest BCUT2D eigenvalue weighted by molar-refractivity contribution is 5.78. The van der Waals surface area contributed by atoms with E-state index in [4.69, 9.17) is 14.2 Å². The van der Waals surface area contributed by atoms with E-state index in [2.05, 4.69) is 5.32 Å². The van der Waals surface area contributed by atoms with Gasteiger partial charge in [-0.15, -0.1) is 0 Å². The first-order chi connectivity index (χ1) is 12.1. The van der Waals surface area contributed by atoms with E-state index in [-0.39, 0.29) is 18.9 Å². The number of carbonyl (C=O) groups excluding carboxylic acids is 1. The molecule has 0 heterocycles. The van der Waals surface area contributed by atoms with E-state index >= 15 is 0 Å². The number of amides is 1. The van der Waals surface area contributed by atoms with Gasteiger partial charge in [0.05, 0.1) is 33.9 Å². The van der Waals surface area contributed by atoms with E-state index in [9.17, 15) is 9.90 Å². The van der Waals surface area contributed by atoms with Gasteiger partial charge in [0, 0.05) is 6.54 Å². The van der Waals surface area contributed by atoms with Crippen molar-refractivity contribution in [2.75, 3.05) is 27.9 Å². The summed E-state index contributed by atoms with van der Waals surface area (Å²) in [5, 5.41) is 12.9. The summed E-state index contributed by atoms with van der Waals surface area (Å²) >= 11 is 0. The molecule has 0 aliphatic rings. The first kappa shape index (κ1) is 18.6. The van der Waals surface area contributed by atoms with Gasteiger partial charge in [-0.2, -0.15) is 0 Å². The monoisotopic (exact) mass is 345 g/mol. The molecule has 0 saturated carbocycles. The second kappa shape index (κ2) is 8.94. The molecule has 2 N–H and O–H groups in total. The highest BCUT2D eigenvalue weighted by Gasteiger charge is 2.12. The summed E-state index contributed by atoms with van der Waals surface area (Å²) in [4.78, 5) is 12.1. The molecule has 2 aromatic carbocycles. The average molecular weight is 345 g/mol. The third-order valence-electron chi connectivity index (χ3n) is 3.81. The summed E-state index contributed by atoms with van der Waals surface area (Å²) in [6.45, 7) is 0.137. The zero-order valence-corrected chi connectivity index (χ0v) is 14.6. The number of nitrogens with one attached hydrogen (secondary N) is 1. The van der Waals surface area contributed by atoms with Crippen molar-refractivity contribution in [3.05, 3.63) is 53.6 Å². The molecule has 134 valence electrons. The Morgan fingerprint density at radius 3 is 2.28 bits per heavy atom. The fraction of sp³-hybridized carbons (Fsp3) is 0.316. The minimum Gasteiger partial charge on any atom is -0.497 e. The summed E-state index contributed by atoms with van der Waals surface area (Å²) in [5.74, 6) is 1.72. The van der Waals surface area contributed by atoms with Crippen LogP contribution in [0.2, 0.25) is 0 Å². The van der Waals surface area contributed by atoms with Crippen LogP contribution < -0.4 is 19.5 Å². The van der Waals surface area contributed by atoms with Gasteiger partial charge in [0.15, 0.2) is 11.5 Å². The van der Waals surface area contributed by atoms with Crippen LogP contribution in [0, 0.1) is 0 Å². The quantitative estimate of drug-likeness (QED) is 0.766. The minimum atomic E-state index is -0.778. The number of carbonyl (C=O) groups is 1. The fourth-order valence-electron chi connectivity index (χ4n) is 2.39. The summed E-state index contributed by atoms with van der Waals surface area (Å²) in [5.41, 5.74) is 1.52. The van der Waals surface area contributed by atoms with Gasteiger partial charge in [0.25, 0.3) is 0 Å². The normalized spacial score (nSPS) is 11.5. The van der Waals surface area contributed by atoms with Gasteiger partial charge in [0.1, 0.15) is 5.75 Å². The number of aliphatic hydroxyl groups is 1. The van der Waals surface area contributed by atoms with Crippen molar-refractivity contribution >= 4 is 5.91 Å². The van der Waals surface area contributed by atoms with Crippen LogP contribution in [0.15, 0.2) is 42.5 Å². The maximum absolute atomic E-state index is 12.1. The van der Waals surface area contributed by atoms with Gasteiger partial charge in [0.2, 0.25) is 5.91 Å². The highest BCUT2D eigenvalue weighted by atomic mass is 16.5. The van der Waals surface area contributed by atoms with Crippen molar-refractivity contribution in [2.24, 2.45) is 0 Å². The highest BCUT2D eigenvalue weighted by Crippen LogP contribution is 2.27. The molecule has 0 aliphatic heterocycles. The summed E-state index contributed by atoms with van der Waals surface area (Å²) in [7, 11) is 4.69. The van der Waals surface area contributed by atoms with Crippen molar-refractivity contribution in [1.29, 1.82) is 0 Å². The lowest BCUT2D eigenvalue weighted by atomic mass is 10.1. The summed E-state index contributed by atoms with van der Waals surface area (Å²) in [6, 6.07) is 12.4. The van der Waals surface area contributed by atoms with Crippen LogP contribution >= 0.6 is 0 Å². The SMILES string of the molecule is COc1ccc(C(O)CNC(=O)Cc2ccc(OC)c(OC)c2)cc1. The molecule has 6 heteroatoms. The van der Waals surface area contributed by atoms with Crippen molar-refractivity contribution < 1.29 is 24.1 Å². The predicted octanol–water partition coefficient (Wildman–Crippen LogP) is 2.10. The lowest BCUT2D eigenvalue weighted by molar-refractivity contribution is -0.120. The number of benzene rings is 2. The zero-order chi connectivity index (χ0) is 18.2. The number of methoxy groups -OCH3 is 3. The second-order valence-electron chi connectivity index (χ2n) is 5.46. The van der Waals surface area contributed by atoms with Crippen molar-refractivity contribution in [3.8, 4) is 17.2 Å². The Bertz CT molecular complexity index is 699. The predicted molar refractivity (Wildman–Crippen MR) is 94.2 cm³/mol. The lowest BCUT2D eigenvalue weighted by Crippen LogP contribution is -2.29. The molecule has 0 fully saturated rings. The second-order valence-corrected chi connectivity index (χ2v) is 5.46. The largest absolute Gasteiger partial charge is 0.497 e. The van der Waals surface area contributed by atoms with Crippen molar-refractivity contribution in [2.45, 2.75) is 12.5 Å². The maximum Gasteiger partial charge on any atom is 0.224 e. The van der Waals surface area contributed by atoms with Gasteiger partial charge in [-0.1, -0.05) is 18.2 Å². The smallest absolute Gasteiger partial charge is 0.224 e. The third kappa shape index (κ3) is 5.12. The molecule has 0 radical (unpaired) electrons. The Morgan fingerprint density at radius 2 is 1.68 bits per heavy atom. The summed E-state index contributed by atoms with van der Waals surface area (Å²) < 4.78 is 15.5. The van der Waals surface area contributed by atoms with E-state index in [1.165, 1.54) is 0 Å². The van der Waals surface area contributed by atoms with Crippen LogP contribution in [-0.2, 0) is 11.2 Å². The third-order valence-corrected chi connectivity index (χ3v) is 3.81. The summed E-state index contributed by atoms with van der Waals surface area (Å²) in [6.07, 6.45) is -0.587. The van der Waals surface area contributed by atoms with Gasteiger partial charge in [-0.25, -0.2) is 0 Å². The van der Waals surface area contributed by atoms with Gasteiger partial charge < -0.3 is 24.6 Å². The number of rotatable bonds is 8. The van der Waals surface area contributed by atoms with Crippen LogP contribution in [0.3, 0.4) is 0 Å². The molecule has 1 amide bonds. The molecule has 2 rings (SSSR count). The molecular weight excluding hydrogens is 322 g/mol. The zero-order valence-electron chi connectivity index (χ0n) is 14.6. The van der Waals surface area contributed by atoms with Crippen LogP contribution in [0.4, 0.5) is 0 Å². The van der Waals surface area contributed by atoms with Crippen LogP contribution in [0.25, 0.3) is 0 Å². The van der Waals surface area contributed by atoms with Gasteiger partial charge >= 0.3 is 0 Å². The Balaban J connectivity index is 1.89. The van der Waals surface area contributed by atoms with E-state index in [0.29, 0.717) is 22.8 Å². The van der Waals surface area contributed by atoms with Crippen molar-refractivity contribution in [1.82, 2.24) is 5.32 Å². The number of hydrogen-bond donors (Lipinski definition) is 2. The molecular formula is C19H23NO5. The molecule has 0 bridgehead atoms. The molecule has 25 heavy (non-hydrogen) atoms. The molecule has 0 aromatic heterocycles.